The molecule has 1 aliphatic heterocycles. The van der Waals surface area contributed by atoms with Crippen molar-refractivity contribution in [1.29, 1.82) is 0 Å². The van der Waals surface area contributed by atoms with Gasteiger partial charge in [-0.2, -0.15) is 0 Å². The number of likely N-dealkylation sites (tertiary alicyclic amines) is 1. The minimum absolute atomic E-state index is 0.802. The number of rotatable bonds is 3. The van der Waals surface area contributed by atoms with E-state index in [4.69, 9.17) is 0 Å². The van der Waals surface area contributed by atoms with Gasteiger partial charge < -0.3 is 0 Å². The second-order valence-electron chi connectivity index (χ2n) is 5.16. The minimum Gasteiger partial charge on any atom is -0.296 e. The highest BCUT2D eigenvalue weighted by molar-refractivity contribution is 5.14. The molecule has 0 unspecified atom stereocenters. The van der Waals surface area contributed by atoms with Gasteiger partial charge in [0, 0.05) is 19.1 Å². The predicted molar refractivity (Wildman–Crippen MR) is 69.3 cm³/mol. The summed E-state index contributed by atoms with van der Waals surface area (Å²) in [7, 11) is 0. The number of piperidine rings is 1. The van der Waals surface area contributed by atoms with Crippen molar-refractivity contribution in [3.63, 3.8) is 0 Å². The fraction of sp³-hybridized carbons (Fsp3) is 0.600. The lowest BCUT2D eigenvalue weighted by atomic mass is 9.92. The topological polar surface area (TPSA) is 3.24 Å². The van der Waals surface area contributed by atoms with Crippen LogP contribution in [-0.4, -0.2) is 17.5 Å². The average molecular weight is 217 g/mol. The normalized spacial score (nSPS) is 26.9. The molecule has 2 rings (SSSR count). The largest absolute Gasteiger partial charge is 0.296 e. The number of hydrogen-bond donors (Lipinski definition) is 0. The molecule has 0 aromatic heterocycles. The van der Waals surface area contributed by atoms with Gasteiger partial charge in [0.1, 0.15) is 0 Å². The maximum Gasteiger partial charge on any atom is 0.0236 e. The summed E-state index contributed by atoms with van der Waals surface area (Å²) in [4.78, 5) is 2.67. The number of nitrogens with zero attached hydrogens (tertiary/aromatic N) is 1. The van der Waals surface area contributed by atoms with Crippen molar-refractivity contribution in [1.82, 2.24) is 4.90 Å². The van der Waals surface area contributed by atoms with Gasteiger partial charge in [0.05, 0.1) is 0 Å². The Hall–Kier alpha value is -0.820. The highest BCUT2D eigenvalue weighted by Crippen LogP contribution is 2.25. The first-order valence-corrected chi connectivity index (χ1v) is 6.57. The molecule has 0 aliphatic carbocycles. The van der Waals surface area contributed by atoms with E-state index in [2.05, 4.69) is 49.1 Å². The fourth-order valence-electron chi connectivity index (χ4n) is 2.77. The van der Waals surface area contributed by atoms with Crippen LogP contribution in [-0.2, 0) is 6.54 Å². The van der Waals surface area contributed by atoms with Gasteiger partial charge in [0.25, 0.3) is 0 Å². The summed E-state index contributed by atoms with van der Waals surface area (Å²) < 4.78 is 0. The van der Waals surface area contributed by atoms with E-state index in [-0.39, 0.29) is 0 Å². The molecule has 1 heteroatoms. The van der Waals surface area contributed by atoms with E-state index in [1.165, 1.54) is 31.4 Å². The van der Waals surface area contributed by atoms with Gasteiger partial charge in [0.2, 0.25) is 0 Å². The first-order valence-electron chi connectivity index (χ1n) is 6.57. The van der Waals surface area contributed by atoms with E-state index in [0.29, 0.717) is 0 Å². The lowest BCUT2D eigenvalue weighted by Crippen LogP contribution is -2.41. The SMILES string of the molecule is CC[C@@H]1CC[C@@H](C)CN1Cc1ccccc1. The summed E-state index contributed by atoms with van der Waals surface area (Å²) in [6, 6.07) is 11.7. The van der Waals surface area contributed by atoms with E-state index < -0.39 is 0 Å². The molecular formula is C15H23N. The molecule has 0 spiro atoms. The third-order valence-corrected chi connectivity index (χ3v) is 3.76. The molecule has 16 heavy (non-hydrogen) atoms. The molecule has 1 aliphatic rings. The Kier molecular flexibility index (Phi) is 4.00. The second kappa shape index (κ2) is 5.49. The van der Waals surface area contributed by atoms with E-state index >= 15 is 0 Å². The maximum atomic E-state index is 2.67. The summed E-state index contributed by atoms with van der Waals surface area (Å²) in [5.41, 5.74) is 1.45. The third kappa shape index (κ3) is 2.85. The van der Waals surface area contributed by atoms with Gasteiger partial charge in [0.15, 0.2) is 0 Å². The standard InChI is InChI=1S/C15H23N/c1-3-15-10-9-13(2)11-16(15)12-14-7-5-4-6-8-14/h4-8,13,15H,3,9-12H2,1-2H3/t13-,15-/m1/s1. The first-order chi connectivity index (χ1) is 7.79. The van der Waals surface area contributed by atoms with E-state index in [9.17, 15) is 0 Å². The van der Waals surface area contributed by atoms with E-state index in [0.717, 1.165) is 18.5 Å². The summed E-state index contributed by atoms with van der Waals surface area (Å²) in [6.45, 7) is 7.10. The molecule has 0 N–H and O–H groups in total. The van der Waals surface area contributed by atoms with Gasteiger partial charge in [-0.3, -0.25) is 4.90 Å². The van der Waals surface area contributed by atoms with Crippen LogP contribution in [0.25, 0.3) is 0 Å². The zero-order valence-electron chi connectivity index (χ0n) is 10.5. The van der Waals surface area contributed by atoms with Gasteiger partial charge >= 0.3 is 0 Å². The van der Waals surface area contributed by atoms with E-state index in [1.54, 1.807) is 0 Å². The molecule has 1 saturated heterocycles. The smallest absolute Gasteiger partial charge is 0.0236 e. The highest BCUT2D eigenvalue weighted by atomic mass is 15.2. The van der Waals surface area contributed by atoms with Gasteiger partial charge in [-0.1, -0.05) is 44.2 Å². The molecule has 1 nitrogen and oxygen atoms in total. The van der Waals surface area contributed by atoms with Crippen molar-refractivity contribution in [2.24, 2.45) is 5.92 Å². The van der Waals surface area contributed by atoms with Crippen molar-refractivity contribution in [2.75, 3.05) is 6.54 Å². The van der Waals surface area contributed by atoms with Crippen molar-refractivity contribution in [3.05, 3.63) is 35.9 Å². The van der Waals surface area contributed by atoms with Gasteiger partial charge in [-0.25, -0.2) is 0 Å². The molecular weight excluding hydrogens is 194 g/mol. The lowest BCUT2D eigenvalue weighted by molar-refractivity contribution is 0.103. The van der Waals surface area contributed by atoms with Crippen molar-refractivity contribution >= 4 is 0 Å². The maximum absolute atomic E-state index is 2.67. The zero-order valence-corrected chi connectivity index (χ0v) is 10.5. The van der Waals surface area contributed by atoms with E-state index in [1.807, 2.05) is 0 Å². The van der Waals surface area contributed by atoms with Crippen LogP contribution in [0.3, 0.4) is 0 Å². The Labute approximate surface area is 99.5 Å². The van der Waals surface area contributed by atoms with Crippen molar-refractivity contribution in [2.45, 2.75) is 45.7 Å². The Morgan fingerprint density at radius 1 is 1.19 bits per heavy atom. The van der Waals surface area contributed by atoms with Gasteiger partial charge in [-0.15, -0.1) is 0 Å². The first kappa shape index (κ1) is 11.7. The zero-order chi connectivity index (χ0) is 11.4. The molecule has 0 radical (unpaired) electrons. The summed E-state index contributed by atoms with van der Waals surface area (Å²) >= 11 is 0. The molecule has 1 heterocycles. The van der Waals surface area contributed by atoms with Crippen LogP contribution in [0.5, 0.6) is 0 Å². The molecule has 1 aromatic carbocycles. The predicted octanol–water partition coefficient (Wildman–Crippen LogP) is 3.70. The molecule has 0 amide bonds. The summed E-state index contributed by atoms with van der Waals surface area (Å²) in [5, 5.41) is 0. The molecule has 1 aromatic rings. The van der Waals surface area contributed by atoms with Gasteiger partial charge in [-0.05, 0) is 30.7 Å². The fourth-order valence-corrected chi connectivity index (χ4v) is 2.77. The quantitative estimate of drug-likeness (QED) is 0.746. The number of benzene rings is 1. The molecule has 2 atom stereocenters. The Morgan fingerprint density at radius 3 is 2.62 bits per heavy atom. The monoisotopic (exact) mass is 217 g/mol. The van der Waals surface area contributed by atoms with Crippen LogP contribution in [0.1, 0.15) is 38.7 Å². The highest BCUT2D eigenvalue weighted by Gasteiger charge is 2.24. The lowest BCUT2D eigenvalue weighted by Gasteiger charge is -2.38. The summed E-state index contributed by atoms with van der Waals surface area (Å²) in [5.74, 6) is 0.867. The molecule has 1 fully saturated rings. The van der Waals surface area contributed by atoms with Crippen molar-refractivity contribution in [3.8, 4) is 0 Å². The van der Waals surface area contributed by atoms with Crippen LogP contribution in [0, 0.1) is 5.92 Å². The average Bonchev–Trinajstić information content (AvgIpc) is 2.31. The van der Waals surface area contributed by atoms with Crippen molar-refractivity contribution < 1.29 is 0 Å². The van der Waals surface area contributed by atoms with Crippen LogP contribution in [0.15, 0.2) is 30.3 Å². The van der Waals surface area contributed by atoms with Crippen LogP contribution >= 0.6 is 0 Å². The number of hydrogen-bond acceptors (Lipinski definition) is 1. The Bertz CT molecular complexity index is 306. The minimum atomic E-state index is 0.802. The third-order valence-electron chi connectivity index (χ3n) is 3.76. The van der Waals surface area contributed by atoms with Crippen LogP contribution in [0.2, 0.25) is 0 Å². The molecule has 88 valence electrons. The molecule has 0 saturated carbocycles. The van der Waals surface area contributed by atoms with Crippen LogP contribution in [0.4, 0.5) is 0 Å². The summed E-state index contributed by atoms with van der Waals surface area (Å²) in [6.07, 6.45) is 4.08. The molecule has 0 bridgehead atoms. The Balaban J connectivity index is 2.01. The van der Waals surface area contributed by atoms with Crippen LogP contribution < -0.4 is 0 Å². The Morgan fingerprint density at radius 2 is 1.94 bits per heavy atom. The second-order valence-corrected chi connectivity index (χ2v) is 5.16.